The molecular formula is C16H20N2O. The molecule has 2 atom stereocenters. The molecule has 1 N–H and O–H groups in total. The highest BCUT2D eigenvalue weighted by Gasteiger charge is 2.65. The first-order valence-corrected chi connectivity index (χ1v) is 6.90. The SMILES string of the molecule is CC1(C)[C@H]2CC[C@@]1(C)C(=O)/C2=N\Nc1ccccc1. The van der Waals surface area contributed by atoms with Crippen LogP contribution >= 0.6 is 0 Å². The quantitative estimate of drug-likeness (QED) is 0.823. The third-order valence-corrected chi connectivity index (χ3v) is 5.37. The molecule has 2 aliphatic rings. The lowest BCUT2D eigenvalue weighted by atomic mass is 9.70. The van der Waals surface area contributed by atoms with Crippen LogP contribution in [0, 0.1) is 16.7 Å². The van der Waals surface area contributed by atoms with Gasteiger partial charge in [-0.15, -0.1) is 0 Å². The molecule has 0 heterocycles. The summed E-state index contributed by atoms with van der Waals surface area (Å²) in [4.78, 5) is 12.6. The summed E-state index contributed by atoms with van der Waals surface area (Å²) in [6, 6.07) is 9.78. The summed E-state index contributed by atoms with van der Waals surface area (Å²) >= 11 is 0. The first-order chi connectivity index (χ1) is 8.97. The largest absolute Gasteiger partial charge is 0.292 e. The highest BCUT2D eigenvalue weighted by molar-refractivity contribution is 6.45. The molecular weight excluding hydrogens is 236 g/mol. The molecule has 0 saturated heterocycles. The molecule has 0 amide bonds. The number of hydrogen-bond acceptors (Lipinski definition) is 3. The van der Waals surface area contributed by atoms with Gasteiger partial charge in [0.2, 0.25) is 0 Å². The van der Waals surface area contributed by atoms with Crippen LogP contribution in [0.1, 0.15) is 33.6 Å². The molecule has 3 rings (SSSR count). The van der Waals surface area contributed by atoms with Crippen LogP contribution in [0.5, 0.6) is 0 Å². The van der Waals surface area contributed by atoms with Crippen LogP contribution < -0.4 is 5.43 Å². The second kappa shape index (κ2) is 3.92. The maximum absolute atomic E-state index is 12.6. The Morgan fingerprint density at radius 1 is 1.21 bits per heavy atom. The number of nitrogens with zero attached hydrogens (tertiary/aromatic N) is 1. The fourth-order valence-electron chi connectivity index (χ4n) is 3.59. The Morgan fingerprint density at radius 3 is 2.47 bits per heavy atom. The van der Waals surface area contributed by atoms with Gasteiger partial charge < -0.3 is 0 Å². The second-order valence-electron chi connectivity index (χ2n) is 6.45. The van der Waals surface area contributed by atoms with Gasteiger partial charge in [-0.1, -0.05) is 39.0 Å². The van der Waals surface area contributed by atoms with E-state index in [1.807, 2.05) is 30.3 Å². The number of rotatable bonds is 2. The molecule has 0 aliphatic heterocycles. The predicted octanol–water partition coefficient (Wildman–Crippen LogP) is 3.48. The number of para-hydroxylation sites is 1. The van der Waals surface area contributed by atoms with Crippen molar-refractivity contribution in [3.63, 3.8) is 0 Å². The van der Waals surface area contributed by atoms with Gasteiger partial charge in [0.25, 0.3) is 0 Å². The van der Waals surface area contributed by atoms with Crippen molar-refractivity contribution < 1.29 is 4.79 Å². The molecule has 3 nitrogen and oxygen atoms in total. The molecule has 0 radical (unpaired) electrons. The molecule has 0 aromatic heterocycles. The Kier molecular flexibility index (Phi) is 2.56. The summed E-state index contributed by atoms with van der Waals surface area (Å²) in [5, 5.41) is 4.42. The molecule has 2 bridgehead atoms. The van der Waals surface area contributed by atoms with Crippen molar-refractivity contribution in [1.29, 1.82) is 0 Å². The van der Waals surface area contributed by atoms with Gasteiger partial charge in [0.15, 0.2) is 5.78 Å². The summed E-state index contributed by atoms with van der Waals surface area (Å²) < 4.78 is 0. The molecule has 2 fully saturated rings. The third-order valence-electron chi connectivity index (χ3n) is 5.37. The fourth-order valence-corrected chi connectivity index (χ4v) is 3.59. The van der Waals surface area contributed by atoms with Crippen molar-refractivity contribution in [1.82, 2.24) is 0 Å². The van der Waals surface area contributed by atoms with Gasteiger partial charge in [-0.3, -0.25) is 10.2 Å². The summed E-state index contributed by atoms with van der Waals surface area (Å²) in [5.74, 6) is 0.526. The van der Waals surface area contributed by atoms with Crippen molar-refractivity contribution in [2.45, 2.75) is 33.6 Å². The Morgan fingerprint density at radius 2 is 1.89 bits per heavy atom. The zero-order chi connectivity index (χ0) is 13.7. The van der Waals surface area contributed by atoms with Gasteiger partial charge in [-0.2, -0.15) is 5.10 Å². The molecule has 100 valence electrons. The summed E-state index contributed by atoms with van der Waals surface area (Å²) in [7, 11) is 0. The number of carbonyl (C=O) groups excluding carboxylic acids is 1. The summed E-state index contributed by atoms with van der Waals surface area (Å²) in [6.07, 6.45) is 2.07. The molecule has 1 aromatic carbocycles. The number of carbonyl (C=O) groups is 1. The van der Waals surface area contributed by atoms with Gasteiger partial charge in [-0.05, 0) is 30.4 Å². The number of ketones is 1. The van der Waals surface area contributed by atoms with Crippen molar-refractivity contribution in [3.8, 4) is 0 Å². The highest BCUT2D eigenvalue weighted by atomic mass is 16.1. The smallest absolute Gasteiger partial charge is 0.185 e. The molecule has 3 heteroatoms. The monoisotopic (exact) mass is 256 g/mol. The normalized spacial score (nSPS) is 33.9. The Labute approximate surface area is 114 Å². The maximum Gasteiger partial charge on any atom is 0.185 e. The zero-order valence-electron chi connectivity index (χ0n) is 11.7. The van der Waals surface area contributed by atoms with Gasteiger partial charge in [0, 0.05) is 11.3 Å². The van der Waals surface area contributed by atoms with Crippen LogP contribution in [0.15, 0.2) is 35.4 Å². The third kappa shape index (κ3) is 1.57. The lowest BCUT2D eigenvalue weighted by molar-refractivity contribution is -0.123. The first-order valence-electron chi connectivity index (χ1n) is 6.90. The van der Waals surface area contributed by atoms with E-state index in [0.717, 1.165) is 24.2 Å². The van der Waals surface area contributed by atoms with Crippen molar-refractivity contribution >= 4 is 17.2 Å². The molecule has 1 aromatic rings. The van der Waals surface area contributed by atoms with Gasteiger partial charge in [0.1, 0.15) is 5.71 Å². The van der Waals surface area contributed by atoms with Crippen LogP contribution in [0.25, 0.3) is 0 Å². The molecule has 2 saturated carbocycles. The topological polar surface area (TPSA) is 41.5 Å². The lowest BCUT2D eigenvalue weighted by Crippen LogP contribution is -2.33. The van der Waals surface area contributed by atoms with Gasteiger partial charge in [0.05, 0.1) is 5.69 Å². The molecule has 19 heavy (non-hydrogen) atoms. The summed E-state index contributed by atoms with van der Waals surface area (Å²) in [6.45, 7) is 6.50. The Bertz CT molecular complexity index is 547. The first kappa shape index (κ1) is 12.4. The lowest BCUT2D eigenvalue weighted by Gasteiger charge is -2.31. The van der Waals surface area contributed by atoms with Crippen LogP contribution in [-0.2, 0) is 4.79 Å². The van der Waals surface area contributed by atoms with E-state index in [1.165, 1.54) is 0 Å². The minimum atomic E-state index is -0.227. The second-order valence-corrected chi connectivity index (χ2v) is 6.45. The van der Waals surface area contributed by atoms with Crippen molar-refractivity contribution in [2.75, 3.05) is 5.43 Å². The van der Waals surface area contributed by atoms with E-state index in [-0.39, 0.29) is 16.6 Å². The summed E-state index contributed by atoms with van der Waals surface area (Å²) in [5.41, 5.74) is 4.49. The van der Waals surface area contributed by atoms with E-state index in [4.69, 9.17) is 0 Å². The van der Waals surface area contributed by atoms with Gasteiger partial charge >= 0.3 is 0 Å². The predicted molar refractivity (Wildman–Crippen MR) is 77.1 cm³/mol. The number of nitrogens with one attached hydrogen (secondary N) is 1. The van der Waals surface area contributed by atoms with E-state index in [1.54, 1.807) is 0 Å². The number of benzene rings is 1. The van der Waals surface area contributed by atoms with E-state index in [2.05, 4.69) is 31.3 Å². The Balaban J connectivity index is 1.89. The molecule has 0 unspecified atom stereocenters. The Hall–Kier alpha value is -1.64. The van der Waals surface area contributed by atoms with Crippen LogP contribution in [-0.4, -0.2) is 11.5 Å². The van der Waals surface area contributed by atoms with E-state index in [9.17, 15) is 4.79 Å². The van der Waals surface area contributed by atoms with Crippen molar-refractivity contribution in [2.24, 2.45) is 21.8 Å². The molecule has 2 aliphatic carbocycles. The van der Waals surface area contributed by atoms with Gasteiger partial charge in [-0.25, -0.2) is 0 Å². The average molecular weight is 256 g/mol. The minimum absolute atomic E-state index is 0.0291. The molecule has 0 spiro atoms. The zero-order valence-corrected chi connectivity index (χ0v) is 11.7. The van der Waals surface area contributed by atoms with Crippen LogP contribution in [0.4, 0.5) is 5.69 Å². The number of Topliss-reactive ketones (excluding diaryl/α,β-unsaturated/α-hetero) is 1. The minimum Gasteiger partial charge on any atom is -0.292 e. The number of fused-ring (bicyclic) bond motifs is 2. The standard InChI is InChI=1S/C16H20N2O/c1-15(2)12-9-10-16(15,3)14(19)13(12)18-17-11-7-5-4-6-8-11/h4-8,12,17H,9-10H2,1-3H3/b18-13-/t12-,16-/m0/s1. The fraction of sp³-hybridized carbons (Fsp3) is 0.500. The number of hydrazone groups is 1. The highest BCUT2D eigenvalue weighted by Crippen LogP contribution is 2.62. The van der Waals surface area contributed by atoms with E-state index >= 15 is 0 Å². The van der Waals surface area contributed by atoms with Crippen LogP contribution in [0.3, 0.4) is 0 Å². The van der Waals surface area contributed by atoms with Crippen molar-refractivity contribution in [3.05, 3.63) is 30.3 Å². The number of anilines is 1. The van der Waals surface area contributed by atoms with E-state index in [0.29, 0.717) is 5.92 Å². The van der Waals surface area contributed by atoms with Crippen LogP contribution in [0.2, 0.25) is 0 Å². The average Bonchev–Trinajstić information content (AvgIpc) is 2.70. The number of hydrogen-bond donors (Lipinski definition) is 1. The maximum atomic E-state index is 12.6. The van der Waals surface area contributed by atoms with E-state index < -0.39 is 0 Å².